The Balaban J connectivity index is 1.87. The molecule has 0 bridgehead atoms. The third kappa shape index (κ3) is 2.39. The van der Waals surface area contributed by atoms with Gasteiger partial charge in [-0.3, -0.25) is 0 Å². The van der Waals surface area contributed by atoms with Crippen LogP contribution in [0.15, 0.2) is 24.3 Å². The van der Waals surface area contributed by atoms with Crippen molar-refractivity contribution in [3.8, 4) is 0 Å². The van der Waals surface area contributed by atoms with Crippen LogP contribution in [0.3, 0.4) is 0 Å². The standard InChI is InChI=1S/C16H22N2O/c1-12-7-9-16(19,10-8-12)11-15-17-13-5-3-4-6-14(13)18(15)2/h3-6,12,19H,7-11H2,1-2H3. The molecule has 1 heterocycles. The van der Waals surface area contributed by atoms with Crippen LogP contribution in [0, 0.1) is 5.92 Å². The number of aromatic nitrogens is 2. The fourth-order valence-corrected chi connectivity index (χ4v) is 3.12. The fourth-order valence-electron chi connectivity index (χ4n) is 3.12. The van der Waals surface area contributed by atoms with E-state index < -0.39 is 5.60 Å². The molecule has 0 unspecified atom stereocenters. The first kappa shape index (κ1) is 12.7. The molecule has 2 aromatic rings. The van der Waals surface area contributed by atoms with Gasteiger partial charge in [0.1, 0.15) is 5.82 Å². The first-order valence-corrected chi connectivity index (χ1v) is 7.20. The number of fused-ring (bicyclic) bond motifs is 1. The molecule has 1 saturated carbocycles. The van der Waals surface area contributed by atoms with Gasteiger partial charge in [-0.25, -0.2) is 4.98 Å². The molecule has 0 spiro atoms. The van der Waals surface area contributed by atoms with Gasteiger partial charge in [-0.2, -0.15) is 0 Å². The second kappa shape index (κ2) is 4.64. The average molecular weight is 258 g/mol. The molecule has 0 saturated heterocycles. The normalized spacial score (nSPS) is 27.8. The number of imidazole rings is 1. The van der Waals surface area contributed by atoms with Crippen LogP contribution in [0.1, 0.15) is 38.4 Å². The van der Waals surface area contributed by atoms with Gasteiger partial charge in [0.25, 0.3) is 0 Å². The number of para-hydroxylation sites is 2. The van der Waals surface area contributed by atoms with Crippen molar-refractivity contribution in [2.24, 2.45) is 13.0 Å². The zero-order valence-corrected chi connectivity index (χ0v) is 11.8. The summed E-state index contributed by atoms with van der Waals surface area (Å²) in [4.78, 5) is 4.67. The van der Waals surface area contributed by atoms with Gasteiger partial charge in [0, 0.05) is 13.5 Å². The lowest BCUT2D eigenvalue weighted by atomic mass is 9.78. The zero-order chi connectivity index (χ0) is 13.5. The number of hydrogen-bond donors (Lipinski definition) is 1. The SMILES string of the molecule is CC1CCC(O)(Cc2nc3ccccc3n2C)CC1. The van der Waals surface area contributed by atoms with Gasteiger partial charge >= 0.3 is 0 Å². The number of rotatable bonds is 2. The molecule has 102 valence electrons. The van der Waals surface area contributed by atoms with E-state index in [0.717, 1.165) is 48.5 Å². The van der Waals surface area contributed by atoms with Crippen molar-refractivity contribution in [1.82, 2.24) is 9.55 Å². The molecule has 0 aliphatic heterocycles. The van der Waals surface area contributed by atoms with E-state index in [1.165, 1.54) is 0 Å². The van der Waals surface area contributed by atoms with Crippen molar-refractivity contribution in [2.75, 3.05) is 0 Å². The summed E-state index contributed by atoms with van der Waals surface area (Å²) in [5.74, 6) is 1.75. The van der Waals surface area contributed by atoms with Crippen LogP contribution in [0.25, 0.3) is 11.0 Å². The molecule has 1 aromatic carbocycles. The molecule has 19 heavy (non-hydrogen) atoms. The molecule has 0 atom stereocenters. The second-order valence-electron chi connectivity index (χ2n) is 6.16. The van der Waals surface area contributed by atoms with Crippen LogP contribution in [-0.4, -0.2) is 20.3 Å². The first-order chi connectivity index (χ1) is 9.07. The molecule has 3 nitrogen and oxygen atoms in total. The quantitative estimate of drug-likeness (QED) is 0.899. The molecule has 1 aromatic heterocycles. The van der Waals surface area contributed by atoms with E-state index in [4.69, 9.17) is 0 Å². The summed E-state index contributed by atoms with van der Waals surface area (Å²) in [6.45, 7) is 2.27. The summed E-state index contributed by atoms with van der Waals surface area (Å²) in [5.41, 5.74) is 1.61. The Bertz CT molecular complexity index is 579. The van der Waals surface area contributed by atoms with Crippen molar-refractivity contribution in [3.63, 3.8) is 0 Å². The zero-order valence-electron chi connectivity index (χ0n) is 11.8. The monoisotopic (exact) mass is 258 g/mol. The summed E-state index contributed by atoms with van der Waals surface area (Å²) in [7, 11) is 2.04. The Morgan fingerprint density at radius 3 is 2.68 bits per heavy atom. The van der Waals surface area contributed by atoms with Gasteiger partial charge in [0.15, 0.2) is 0 Å². The van der Waals surface area contributed by atoms with Crippen LogP contribution in [0.5, 0.6) is 0 Å². The highest BCUT2D eigenvalue weighted by molar-refractivity contribution is 5.75. The largest absolute Gasteiger partial charge is 0.389 e. The van der Waals surface area contributed by atoms with Gasteiger partial charge in [-0.1, -0.05) is 19.1 Å². The lowest BCUT2D eigenvalue weighted by molar-refractivity contribution is -0.00867. The van der Waals surface area contributed by atoms with Crippen molar-refractivity contribution in [2.45, 2.75) is 44.6 Å². The Labute approximate surface area is 114 Å². The predicted molar refractivity (Wildman–Crippen MR) is 77.0 cm³/mol. The number of aliphatic hydroxyl groups is 1. The maximum atomic E-state index is 10.7. The Morgan fingerprint density at radius 2 is 2.00 bits per heavy atom. The minimum Gasteiger partial charge on any atom is -0.389 e. The summed E-state index contributed by atoms with van der Waals surface area (Å²) in [5, 5.41) is 10.7. The molecule has 1 N–H and O–H groups in total. The van der Waals surface area contributed by atoms with Crippen molar-refractivity contribution in [1.29, 1.82) is 0 Å². The topological polar surface area (TPSA) is 38.1 Å². The molecule has 1 aliphatic carbocycles. The van der Waals surface area contributed by atoms with Crippen molar-refractivity contribution < 1.29 is 5.11 Å². The van der Waals surface area contributed by atoms with E-state index in [0.29, 0.717) is 6.42 Å². The summed E-state index contributed by atoms with van der Waals surface area (Å²) >= 11 is 0. The Kier molecular flexibility index (Phi) is 3.09. The van der Waals surface area contributed by atoms with Crippen LogP contribution >= 0.6 is 0 Å². The minimum absolute atomic E-state index is 0.554. The van der Waals surface area contributed by atoms with Gasteiger partial charge in [0.05, 0.1) is 16.6 Å². The maximum absolute atomic E-state index is 10.7. The van der Waals surface area contributed by atoms with Crippen LogP contribution < -0.4 is 0 Å². The number of aryl methyl sites for hydroxylation is 1. The van der Waals surface area contributed by atoms with Crippen LogP contribution in [-0.2, 0) is 13.5 Å². The molecule has 1 aliphatic rings. The summed E-state index contributed by atoms with van der Waals surface area (Å²) in [6.07, 6.45) is 4.72. The van der Waals surface area contributed by atoms with Crippen molar-refractivity contribution >= 4 is 11.0 Å². The minimum atomic E-state index is -0.554. The summed E-state index contributed by atoms with van der Waals surface area (Å²) in [6, 6.07) is 8.16. The molecule has 0 radical (unpaired) electrons. The highest BCUT2D eigenvalue weighted by Gasteiger charge is 2.33. The van der Waals surface area contributed by atoms with Gasteiger partial charge in [0.2, 0.25) is 0 Å². The smallest absolute Gasteiger partial charge is 0.112 e. The summed E-state index contributed by atoms with van der Waals surface area (Å²) < 4.78 is 2.12. The maximum Gasteiger partial charge on any atom is 0.112 e. The third-order valence-electron chi connectivity index (χ3n) is 4.57. The van der Waals surface area contributed by atoms with Crippen molar-refractivity contribution in [3.05, 3.63) is 30.1 Å². The molecular weight excluding hydrogens is 236 g/mol. The van der Waals surface area contributed by atoms with Crippen LogP contribution in [0.4, 0.5) is 0 Å². The highest BCUT2D eigenvalue weighted by atomic mass is 16.3. The van der Waals surface area contributed by atoms with Gasteiger partial charge < -0.3 is 9.67 Å². The van der Waals surface area contributed by atoms with Crippen LogP contribution in [0.2, 0.25) is 0 Å². The number of hydrogen-bond acceptors (Lipinski definition) is 2. The molecule has 3 heteroatoms. The lowest BCUT2D eigenvalue weighted by Gasteiger charge is -2.34. The molecule has 1 fully saturated rings. The van der Waals surface area contributed by atoms with E-state index in [1.54, 1.807) is 0 Å². The Hall–Kier alpha value is -1.35. The first-order valence-electron chi connectivity index (χ1n) is 7.20. The predicted octanol–water partition coefficient (Wildman–Crippen LogP) is 3.06. The molecular formula is C16H22N2O. The lowest BCUT2D eigenvalue weighted by Crippen LogP contribution is -2.36. The van der Waals surface area contributed by atoms with Gasteiger partial charge in [-0.05, 0) is 43.7 Å². The van der Waals surface area contributed by atoms with E-state index >= 15 is 0 Å². The molecule has 3 rings (SSSR count). The molecule has 0 amide bonds. The van der Waals surface area contributed by atoms with E-state index in [9.17, 15) is 5.11 Å². The second-order valence-corrected chi connectivity index (χ2v) is 6.16. The van der Waals surface area contributed by atoms with Gasteiger partial charge in [-0.15, -0.1) is 0 Å². The number of benzene rings is 1. The highest BCUT2D eigenvalue weighted by Crippen LogP contribution is 2.34. The van der Waals surface area contributed by atoms with E-state index in [-0.39, 0.29) is 0 Å². The Morgan fingerprint density at radius 1 is 1.32 bits per heavy atom. The van der Waals surface area contributed by atoms with E-state index in [1.807, 2.05) is 25.2 Å². The number of nitrogens with zero attached hydrogens (tertiary/aromatic N) is 2. The average Bonchev–Trinajstić information content (AvgIpc) is 2.71. The third-order valence-corrected chi connectivity index (χ3v) is 4.57. The van der Waals surface area contributed by atoms with E-state index in [2.05, 4.69) is 22.5 Å². The fraction of sp³-hybridized carbons (Fsp3) is 0.562.